The Balaban J connectivity index is 1.43. The van der Waals surface area contributed by atoms with Crippen LogP contribution in [0.2, 0.25) is 5.28 Å². The van der Waals surface area contributed by atoms with Crippen LogP contribution in [0.1, 0.15) is 33.6 Å². The Morgan fingerprint density at radius 3 is 2.54 bits per heavy atom. The number of amides is 1. The third-order valence-electron chi connectivity index (χ3n) is 5.44. The third kappa shape index (κ3) is 3.92. The van der Waals surface area contributed by atoms with Gasteiger partial charge in [0.1, 0.15) is 11.4 Å². The van der Waals surface area contributed by atoms with Gasteiger partial charge in [0.25, 0.3) is 0 Å². The van der Waals surface area contributed by atoms with Gasteiger partial charge in [0, 0.05) is 41.5 Å². The first-order valence-corrected chi connectivity index (χ1v) is 10.7. The van der Waals surface area contributed by atoms with Gasteiger partial charge in [-0.2, -0.15) is 4.98 Å². The maximum absolute atomic E-state index is 12.2. The van der Waals surface area contributed by atoms with Gasteiger partial charge < -0.3 is 14.5 Å². The summed E-state index contributed by atoms with van der Waals surface area (Å²) in [7, 11) is 0. The minimum Gasteiger partial charge on any atom is -0.444 e. The highest BCUT2D eigenvalue weighted by Gasteiger charge is 2.48. The van der Waals surface area contributed by atoms with Crippen molar-refractivity contribution in [2.45, 2.75) is 39.2 Å². The molecule has 0 atom stereocenters. The molecule has 0 unspecified atom stereocenters. The van der Waals surface area contributed by atoms with E-state index in [1.54, 1.807) is 0 Å². The number of fused-ring (bicyclic) bond motifs is 1. The Kier molecular flexibility index (Phi) is 4.94. The summed E-state index contributed by atoms with van der Waals surface area (Å²) in [6, 6.07) is 5.99. The molecule has 0 N–H and O–H groups in total. The zero-order valence-corrected chi connectivity index (χ0v) is 18.7. The molecule has 2 saturated heterocycles. The minimum atomic E-state index is -0.453. The second-order valence-corrected chi connectivity index (χ2v) is 10.1. The van der Waals surface area contributed by atoms with Crippen LogP contribution in [0.4, 0.5) is 10.6 Å². The summed E-state index contributed by atoms with van der Waals surface area (Å²) in [5.41, 5.74) is 0.582. The summed E-state index contributed by atoms with van der Waals surface area (Å²) in [6.07, 6.45) is 1.83. The quantitative estimate of drug-likeness (QED) is 0.559. The van der Waals surface area contributed by atoms with E-state index in [9.17, 15) is 4.79 Å². The van der Waals surface area contributed by atoms with E-state index in [4.69, 9.17) is 16.3 Å². The van der Waals surface area contributed by atoms with E-state index in [-0.39, 0.29) is 16.8 Å². The Bertz CT molecular complexity index is 909. The highest BCUT2D eigenvalue weighted by Crippen LogP contribution is 2.42. The molecule has 28 heavy (non-hydrogen) atoms. The number of ether oxygens (including phenoxy) is 1. The molecule has 4 rings (SSSR count). The SMILES string of the molecule is CC(C)(C)OC(=O)N1CC2(CCN(c3nc(Cl)nc4cc(Br)ccc34)CC2)C1. The standard InChI is InChI=1S/C20H24BrClN4O2/c1-19(2,3)28-18(27)26-11-20(12-26)6-8-25(9-7-20)16-14-5-4-13(21)10-15(14)23-17(22)24-16/h4-5,10H,6-9,11-12H2,1-3H3. The molecule has 8 heteroatoms. The lowest BCUT2D eigenvalue weighted by atomic mass is 9.72. The first-order chi connectivity index (χ1) is 13.1. The lowest BCUT2D eigenvalue weighted by Crippen LogP contribution is -2.62. The second kappa shape index (κ2) is 7.02. The molecule has 0 aliphatic carbocycles. The number of hydrogen-bond donors (Lipinski definition) is 0. The molecule has 3 heterocycles. The Morgan fingerprint density at radius 1 is 1.21 bits per heavy atom. The van der Waals surface area contributed by atoms with Crippen LogP contribution in [0.3, 0.4) is 0 Å². The molecule has 1 aromatic heterocycles. The number of anilines is 1. The summed E-state index contributed by atoms with van der Waals surface area (Å²) in [5.74, 6) is 0.890. The number of carbonyl (C=O) groups excluding carboxylic acids is 1. The Labute approximate surface area is 178 Å². The summed E-state index contributed by atoms with van der Waals surface area (Å²) >= 11 is 9.66. The molecule has 2 aliphatic heterocycles. The van der Waals surface area contributed by atoms with Crippen molar-refractivity contribution in [1.82, 2.24) is 14.9 Å². The molecule has 6 nitrogen and oxygen atoms in total. The van der Waals surface area contributed by atoms with Crippen LogP contribution >= 0.6 is 27.5 Å². The number of carbonyl (C=O) groups is 1. The van der Waals surface area contributed by atoms with Crippen molar-refractivity contribution in [3.8, 4) is 0 Å². The van der Waals surface area contributed by atoms with Gasteiger partial charge in [-0.05, 0) is 63.4 Å². The number of hydrogen-bond acceptors (Lipinski definition) is 5. The van der Waals surface area contributed by atoms with Gasteiger partial charge >= 0.3 is 6.09 Å². The van der Waals surface area contributed by atoms with Gasteiger partial charge in [0.2, 0.25) is 5.28 Å². The van der Waals surface area contributed by atoms with E-state index in [0.717, 1.165) is 60.2 Å². The number of aromatic nitrogens is 2. The number of halogens is 2. The molecular weight excluding hydrogens is 444 g/mol. The van der Waals surface area contributed by atoms with Crippen LogP contribution in [0.5, 0.6) is 0 Å². The lowest BCUT2D eigenvalue weighted by molar-refractivity contribution is -0.0434. The first kappa shape index (κ1) is 19.7. The van der Waals surface area contributed by atoms with Crippen LogP contribution in [0.15, 0.2) is 22.7 Å². The van der Waals surface area contributed by atoms with Crippen LogP contribution in [0, 0.1) is 5.41 Å². The molecule has 150 valence electrons. The maximum atomic E-state index is 12.2. The van der Waals surface area contributed by atoms with Crippen LogP contribution in [0.25, 0.3) is 10.9 Å². The monoisotopic (exact) mass is 466 g/mol. The fourth-order valence-corrected chi connectivity index (χ4v) is 4.55. The molecule has 1 amide bonds. The van der Waals surface area contributed by atoms with Crippen LogP contribution in [-0.4, -0.2) is 52.7 Å². The molecule has 0 saturated carbocycles. The van der Waals surface area contributed by atoms with Crippen molar-refractivity contribution in [3.05, 3.63) is 28.0 Å². The van der Waals surface area contributed by atoms with E-state index < -0.39 is 5.60 Å². The normalized spacial score (nSPS) is 19.0. The molecule has 2 aliphatic rings. The van der Waals surface area contributed by atoms with Crippen molar-refractivity contribution >= 4 is 50.3 Å². The van der Waals surface area contributed by atoms with Crippen molar-refractivity contribution < 1.29 is 9.53 Å². The smallest absolute Gasteiger partial charge is 0.410 e. The number of benzene rings is 1. The largest absolute Gasteiger partial charge is 0.444 e. The molecule has 0 bridgehead atoms. The third-order valence-corrected chi connectivity index (χ3v) is 6.10. The van der Waals surface area contributed by atoms with Crippen LogP contribution < -0.4 is 4.90 Å². The van der Waals surface area contributed by atoms with E-state index in [1.165, 1.54) is 0 Å². The number of piperidine rings is 1. The first-order valence-electron chi connectivity index (χ1n) is 9.50. The Morgan fingerprint density at radius 2 is 1.89 bits per heavy atom. The van der Waals surface area contributed by atoms with E-state index in [0.29, 0.717) is 0 Å². The van der Waals surface area contributed by atoms with Gasteiger partial charge in [0.15, 0.2) is 0 Å². The predicted molar refractivity (Wildman–Crippen MR) is 114 cm³/mol. The minimum absolute atomic E-state index is 0.197. The Hall–Kier alpha value is -1.60. The van der Waals surface area contributed by atoms with Gasteiger partial charge in [0.05, 0.1) is 5.52 Å². The average Bonchev–Trinajstić information content (AvgIpc) is 2.57. The van der Waals surface area contributed by atoms with E-state index in [2.05, 4.69) is 30.8 Å². The summed E-state index contributed by atoms with van der Waals surface area (Å²) < 4.78 is 6.45. The molecule has 0 radical (unpaired) electrons. The zero-order valence-electron chi connectivity index (χ0n) is 16.3. The molecule has 2 fully saturated rings. The summed E-state index contributed by atoms with van der Waals surface area (Å²) in [6.45, 7) is 9.02. The molecule has 1 aromatic carbocycles. The average molecular weight is 468 g/mol. The van der Waals surface area contributed by atoms with E-state index >= 15 is 0 Å². The van der Waals surface area contributed by atoms with Crippen LogP contribution in [-0.2, 0) is 4.74 Å². The number of nitrogens with zero attached hydrogens (tertiary/aromatic N) is 4. The van der Waals surface area contributed by atoms with Gasteiger partial charge in [-0.3, -0.25) is 0 Å². The van der Waals surface area contributed by atoms with Crippen molar-refractivity contribution in [2.75, 3.05) is 31.1 Å². The van der Waals surface area contributed by atoms with Gasteiger partial charge in [-0.1, -0.05) is 15.9 Å². The number of likely N-dealkylation sites (tertiary alicyclic amines) is 1. The lowest BCUT2D eigenvalue weighted by Gasteiger charge is -2.53. The van der Waals surface area contributed by atoms with Crippen molar-refractivity contribution in [2.24, 2.45) is 5.41 Å². The van der Waals surface area contributed by atoms with Gasteiger partial charge in [-0.15, -0.1) is 0 Å². The second-order valence-electron chi connectivity index (χ2n) is 8.80. The maximum Gasteiger partial charge on any atom is 0.410 e. The topological polar surface area (TPSA) is 58.6 Å². The summed E-state index contributed by atoms with van der Waals surface area (Å²) in [5, 5.41) is 1.27. The highest BCUT2D eigenvalue weighted by molar-refractivity contribution is 9.10. The fraction of sp³-hybridized carbons (Fsp3) is 0.550. The highest BCUT2D eigenvalue weighted by atomic mass is 79.9. The predicted octanol–water partition coefficient (Wildman–Crippen LogP) is 4.88. The van der Waals surface area contributed by atoms with Crippen molar-refractivity contribution in [1.29, 1.82) is 0 Å². The number of rotatable bonds is 1. The summed E-state index contributed by atoms with van der Waals surface area (Å²) in [4.78, 5) is 25.2. The van der Waals surface area contributed by atoms with Crippen molar-refractivity contribution in [3.63, 3.8) is 0 Å². The zero-order chi connectivity index (χ0) is 20.1. The molecular formula is C20H24BrClN4O2. The molecule has 2 aromatic rings. The fourth-order valence-electron chi connectivity index (χ4n) is 4.03. The molecule has 1 spiro atoms. The van der Waals surface area contributed by atoms with E-state index in [1.807, 2.05) is 43.9 Å². The van der Waals surface area contributed by atoms with Gasteiger partial charge in [-0.25, -0.2) is 9.78 Å².